The van der Waals surface area contributed by atoms with Crippen LogP contribution < -0.4 is 0 Å². The van der Waals surface area contributed by atoms with Gasteiger partial charge in [-0.1, -0.05) is 42.5 Å². The molecular formula is C26H30F3N. The molecule has 0 N–H and O–H groups in total. The number of nitrogens with zero attached hydrogens (tertiary/aromatic N) is 1. The van der Waals surface area contributed by atoms with Gasteiger partial charge in [0, 0.05) is 6.08 Å². The number of allylic oxidation sites excluding steroid dienone is 6. The largest absolute Gasteiger partial charge is 0.416 e. The van der Waals surface area contributed by atoms with Crippen molar-refractivity contribution in [2.24, 2.45) is 17.8 Å². The zero-order valence-corrected chi connectivity index (χ0v) is 17.3. The van der Waals surface area contributed by atoms with E-state index in [2.05, 4.69) is 18.2 Å². The van der Waals surface area contributed by atoms with Crippen molar-refractivity contribution in [2.45, 2.75) is 63.5 Å². The van der Waals surface area contributed by atoms with Crippen molar-refractivity contribution in [3.8, 4) is 6.07 Å². The first-order valence-electron chi connectivity index (χ1n) is 11.0. The SMILES string of the molecule is N#CC=CC=C[C@H]1CC[C@H](C=C[C@H]2CC[C@H](c3ccc(C(F)(F)F)cc3)CC2)CC1. The molecule has 2 fully saturated rings. The van der Waals surface area contributed by atoms with Crippen molar-refractivity contribution < 1.29 is 13.2 Å². The monoisotopic (exact) mass is 413 g/mol. The summed E-state index contributed by atoms with van der Waals surface area (Å²) in [6.45, 7) is 0. The minimum absolute atomic E-state index is 0.384. The molecular weight excluding hydrogens is 383 g/mol. The van der Waals surface area contributed by atoms with Gasteiger partial charge in [0.25, 0.3) is 0 Å². The zero-order chi connectivity index (χ0) is 21.4. The van der Waals surface area contributed by atoms with E-state index in [4.69, 9.17) is 5.26 Å². The van der Waals surface area contributed by atoms with Crippen molar-refractivity contribution in [3.63, 3.8) is 0 Å². The molecule has 4 heteroatoms. The summed E-state index contributed by atoms with van der Waals surface area (Å²) in [7, 11) is 0. The normalized spacial score (nSPS) is 28.3. The van der Waals surface area contributed by atoms with Crippen molar-refractivity contribution in [2.75, 3.05) is 0 Å². The average molecular weight is 414 g/mol. The van der Waals surface area contributed by atoms with Gasteiger partial charge in [0.1, 0.15) is 0 Å². The molecule has 1 nitrogen and oxygen atoms in total. The second-order valence-corrected chi connectivity index (χ2v) is 8.66. The highest BCUT2D eigenvalue weighted by molar-refractivity contribution is 5.27. The van der Waals surface area contributed by atoms with Crippen molar-refractivity contribution >= 4 is 0 Å². The molecule has 0 unspecified atom stereocenters. The number of nitriles is 1. The first-order valence-corrected chi connectivity index (χ1v) is 11.0. The topological polar surface area (TPSA) is 23.8 Å². The van der Waals surface area contributed by atoms with E-state index < -0.39 is 11.7 Å². The Kier molecular flexibility index (Phi) is 7.96. The third kappa shape index (κ3) is 6.62. The molecule has 0 aromatic heterocycles. The van der Waals surface area contributed by atoms with E-state index in [1.54, 1.807) is 18.2 Å². The lowest BCUT2D eigenvalue weighted by atomic mass is 9.77. The molecule has 160 valence electrons. The van der Waals surface area contributed by atoms with Gasteiger partial charge >= 0.3 is 6.18 Å². The second-order valence-electron chi connectivity index (χ2n) is 8.66. The predicted molar refractivity (Wildman–Crippen MR) is 115 cm³/mol. The summed E-state index contributed by atoms with van der Waals surface area (Å²) >= 11 is 0. The molecule has 0 heterocycles. The molecule has 0 radical (unpaired) electrons. The van der Waals surface area contributed by atoms with Crippen LogP contribution in [0.3, 0.4) is 0 Å². The predicted octanol–water partition coefficient (Wildman–Crippen LogP) is 7.98. The number of rotatable bonds is 5. The molecule has 1 aromatic carbocycles. The summed E-state index contributed by atoms with van der Waals surface area (Å²) in [4.78, 5) is 0. The van der Waals surface area contributed by atoms with E-state index in [1.807, 2.05) is 12.1 Å². The summed E-state index contributed by atoms with van der Waals surface area (Å²) in [5.74, 6) is 2.27. The van der Waals surface area contributed by atoms with Crippen LogP contribution in [-0.4, -0.2) is 0 Å². The van der Waals surface area contributed by atoms with Gasteiger partial charge in [0.05, 0.1) is 11.6 Å². The van der Waals surface area contributed by atoms with Crippen LogP contribution in [-0.2, 0) is 6.18 Å². The van der Waals surface area contributed by atoms with E-state index >= 15 is 0 Å². The molecule has 0 spiro atoms. The Morgan fingerprint density at radius 3 is 1.73 bits per heavy atom. The van der Waals surface area contributed by atoms with Gasteiger partial charge < -0.3 is 0 Å². The third-order valence-corrected chi connectivity index (χ3v) is 6.62. The highest BCUT2D eigenvalue weighted by atomic mass is 19.4. The molecule has 0 saturated heterocycles. The average Bonchev–Trinajstić information content (AvgIpc) is 2.76. The molecule has 2 aliphatic carbocycles. The van der Waals surface area contributed by atoms with Crippen LogP contribution in [0.15, 0.2) is 60.7 Å². The van der Waals surface area contributed by atoms with Crippen LogP contribution in [0.25, 0.3) is 0 Å². The summed E-state index contributed by atoms with van der Waals surface area (Å²) in [5, 5.41) is 8.50. The van der Waals surface area contributed by atoms with Crippen LogP contribution in [0.2, 0.25) is 0 Å². The summed E-state index contributed by atoms with van der Waals surface area (Å²) in [6, 6.07) is 7.75. The maximum absolute atomic E-state index is 12.7. The first kappa shape index (κ1) is 22.4. The molecule has 2 aliphatic rings. The van der Waals surface area contributed by atoms with Crippen LogP contribution in [0.1, 0.15) is 68.4 Å². The van der Waals surface area contributed by atoms with Gasteiger partial charge in [0.15, 0.2) is 0 Å². The Bertz CT molecular complexity index is 779. The zero-order valence-electron chi connectivity index (χ0n) is 17.3. The molecule has 30 heavy (non-hydrogen) atoms. The Labute approximate surface area is 178 Å². The number of halogens is 3. The fraction of sp³-hybridized carbons (Fsp3) is 0.500. The number of alkyl halides is 3. The molecule has 2 saturated carbocycles. The minimum atomic E-state index is -4.26. The van der Waals surface area contributed by atoms with Crippen LogP contribution in [0.5, 0.6) is 0 Å². The Morgan fingerprint density at radius 1 is 0.733 bits per heavy atom. The van der Waals surface area contributed by atoms with E-state index in [1.165, 1.54) is 43.9 Å². The highest BCUT2D eigenvalue weighted by Gasteiger charge is 2.30. The van der Waals surface area contributed by atoms with Crippen LogP contribution in [0.4, 0.5) is 13.2 Å². The second kappa shape index (κ2) is 10.7. The first-order chi connectivity index (χ1) is 14.5. The lowest BCUT2D eigenvalue weighted by molar-refractivity contribution is -0.137. The fourth-order valence-corrected chi connectivity index (χ4v) is 4.75. The van der Waals surface area contributed by atoms with Crippen molar-refractivity contribution in [1.82, 2.24) is 0 Å². The quantitative estimate of drug-likeness (QED) is 0.273. The lowest BCUT2D eigenvalue weighted by Crippen LogP contribution is -2.14. The van der Waals surface area contributed by atoms with Gasteiger partial charge in [-0.2, -0.15) is 18.4 Å². The third-order valence-electron chi connectivity index (χ3n) is 6.62. The summed E-state index contributed by atoms with van der Waals surface area (Å²) < 4.78 is 38.2. The van der Waals surface area contributed by atoms with E-state index in [-0.39, 0.29) is 0 Å². The number of benzene rings is 1. The minimum Gasteiger partial charge on any atom is -0.193 e. The molecule has 0 atom stereocenters. The smallest absolute Gasteiger partial charge is 0.193 e. The molecule has 3 rings (SSSR count). The fourth-order valence-electron chi connectivity index (χ4n) is 4.75. The van der Waals surface area contributed by atoms with Gasteiger partial charge in [-0.25, -0.2) is 0 Å². The van der Waals surface area contributed by atoms with Crippen molar-refractivity contribution in [1.29, 1.82) is 5.26 Å². The van der Waals surface area contributed by atoms with Gasteiger partial charge in [-0.15, -0.1) is 0 Å². The standard InChI is InChI=1S/C26H30F3N/c27-26(28,29)25-17-15-24(16-18-25)23-13-11-22(12-14-23)10-9-21-7-5-20(6-8-21)4-2-1-3-19-30/h1-4,9-10,15-18,20-23H,5-8,11-14H2/t20-,21-,22-,23-. The van der Waals surface area contributed by atoms with Gasteiger partial charge in [-0.05, 0) is 92.7 Å². The summed E-state index contributed by atoms with van der Waals surface area (Å²) in [5.41, 5.74) is 0.480. The van der Waals surface area contributed by atoms with Crippen LogP contribution in [0, 0.1) is 29.1 Å². The van der Waals surface area contributed by atoms with Gasteiger partial charge in [0.2, 0.25) is 0 Å². The Balaban J connectivity index is 1.41. The van der Waals surface area contributed by atoms with Crippen LogP contribution >= 0.6 is 0 Å². The molecule has 0 amide bonds. The van der Waals surface area contributed by atoms with Gasteiger partial charge in [-0.3, -0.25) is 0 Å². The molecule has 1 aromatic rings. The summed E-state index contributed by atoms with van der Waals surface area (Å²) in [6.07, 6.45) is 17.2. The van der Waals surface area contributed by atoms with Crippen molar-refractivity contribution in [3.05, 3.63) is 71.8 Å². The maximum Gasteiger partial charge on any atom is 0.416 e. The van der Waals surface area contributed by atoms with E-state index in [0.717, 1.165) is 31.2 Å². The van der Waals surface area contributed by atoms with E-state index in [0.29, 0.717) is 23.7 Å². The molecule has 0 aliphatic heterocycles. The highest BCUT2D eigenvalue weighted by Crippen LogP contribution is 2.38. The Hall–Kier alpha value is -2.28. The lowest BCUT2D eigenvalue weighted by Gasteiger charge is -2.28. The maximum atomic E-state index is 12.7. The number of hydrogen-bond donors (Lipinski definition) is 0. The number of hydrogen-bond acceptors (Lipinski definition) is 1. The Morgan fingerprint density at radius 2 is 1.23 bits per heavy atom. The molecule has 0 bridgehead atoms. The van der Waals surface area contributed by atoms with E-state index in [9.17, 15) is 13.2 Å².